The van der Waals surface area contributed by atoms with Gasteiger partial charge in [0.2, 0.25) is 11.8 Å². The number of rotatable bonds is 8. The fourth-order valence-corrected chi connectivity index (χ4v) is 2.78. The summed E-state index contributed by atoms with van der Waals surface area (Å²) in [6, 6.07) is 8.51. The highest BCUT2D eigenvalue weighted by molar-refractivity contribution is 5.76. The van der Waals surface area contributed by atoms with Crippen LogP contribution in [0.25, 0.3) is 11.2 Å². The minimum Gasteiger partial charge on any atom is -0.471 e. The Balaban J connectivity index is 1.65. The number of anilines is 1. The summed E-state index contributed by atoms with van der Waals surface area (Å²) in [5.74, 6) is 0.575. The molecule has 0 saturated carbocycles. The van der Waals surface area contributed by atoms with Crippen LogP contribution in [-0.4, -0.2) is 19.9 Å². The lowest BCUT2D eigenvalue weighted by atomic mass is 10.0. The summed E-state index contributed by atoms with van der Waals surface area (Å²) < 4.78 is 5.83. The predicted octanol–water partition coefficient (Wildman–Crippen LogP) is 4.19. The molecule has 6 nitrogen and oxygen atoms in total. The second-order valence-electron chi connectivity index (χ2n) is 6.27. The van der Waals surface area contributed by atoms with Crippen LogP contribution < -0.4 is 10.5 Å². The molecule has 0 aliphatic carbocycles. The minimum absolute atomic E-state index is 0.154. The molecule has 0 unspecified atom stereocenters. The van der Waals surface area contributed by atoms with E-state index < -0.39 is 0 Å². The molecule has 2 aromatic heterocycles. The fraction of sp³-hybridized carbons (Fsp3) is 0.350. The number of benzene rings is 1. The molecule has 136 valence electrons. The van der Waals surface area contributed by atoms with Crippen LogP contribution in [0.1, 0.15) is 44.2 Å². The van der Waals surface area contributed by atoms with Crippen molar-refractivity contribution in [3.8, 4) is 5.88 Å². The molecule has 1 aromatic carbocycles. The van der Waals surface area contributed by atoms with Crippen LogP contribution >= 0.6 is 0 Å². The minimum atomic E-state index is 0.154. The number of allylic oxidation sites excluding steroid dienone is 2. The first-order chi connectivity index (χ1) is 12.7. The number of hydrogen-bond acceptors (Lipinski definition) is 5. The van der Waals surface area contributed by atoms with Crippen LogP contribution in [0.3, 0.4) is 0 Å². The topological polar surface area (TPSA) is 89.7 Å². The summed E-state index contributed by atoms with van der Waals surface area (Å²) >= 11 is 0. The predicted molar refractivity (Wildman–Crippen MR) is 104 cm³/mol. The van der Waals surface area contributed by atoms with Gasteiger partial charge in [0, 0.05) is 0 Å². The van der Waals surface area contributed by atoms with Crippen LogP contribution in [0.2, 0.25) is 0 Å². The Morgan fingerprint density at radius 3 is 2.65 bits per heavy atom. The number of aromatic nitrogens is 4. The maximum atomic E-state index is 5.83. The highest BCUT2D eigenvalue weighted by Gasteiger charge is 2.10. The van der Waals surface area contributed by atoms with Gasteiger partial charge in [-0.25, -0.2) is 4.98 Å². The summed E-state index contributed by atoms with van der Waals surface area (Å²) in [7, 11) is 0. The highest BCUT2D eigenvalue weighted by Crippen LogP contribution is 2.21. The van der Waals surface area contributed by atoms with Gasteiger partial charge in [-0.1, -0.05) is 56.2 Å². The van der Waals surface area contributed by atoms with Crippen LogP contribution in [0.15, 0.2) is 42.2 Å². The Kier molecular flexibility index (Phi) is 5.84. The van der Waals surface area contributed by atoms with E-state index in [1.54, 1.807) is 6.33 Å². The Morgan fingerprint density at radius 1 is 1.15 bits per heavy atom. The highest BCUT2D eigenvalue weighted by atomic mass is 16.5. The summed E-state index contributed by atoms with van der Waals surface area (Å²) in [5, 5.41) is 0. The van der Waals surface area contributed by atoms with E-state index in [1.165, 1.54) is 17.6 Å². The lowest BCUT2D eigenvalue weighted by Crippen LogP contribution is -2.02. The first kappa shape index (κ1) is 17.9. The Hall–Kier alpha value is -2.89. The zero-order valence-corrected chi connectivity index (χ0v) is 15.3. The van der Waals surface area contributed by atoms with E-state index in [2.05, 4.69) is 64.1 Å². The SMILES string of the molecule is CCC/C=C(/CC)Cc1ccc(COc2nc(N)nc3nc[nH]c23)cc1. The molecule has 0 aliphatic heterocycles. The second kappa shape index (κ2) is 8.47. The zero-order valence-electron chi connectivity index (χ0n) is 15.3. The third-order valence-corrected chi connectivity index (χ3v) is 4.28. The molecule has 6 heteroatoms. The summed E-state index contributed by atoms with van der Waals surface area (Å²) in [6.07, 6.45) is 8.37. The number of nitrogen functional groups attached to an aromatic ring is 1. The van der Waals surface area contributed by atoms with Crippen molar-refractivity contribution in [2.45, 2.75) is 46.1 Å². The van der Waals surface area contributed by atoms with E-state index in [0.717, 1.165) is 24.8 Å². The normalized spacial score (nSPS) is 11.8. The standard InChI is InChI=1S/C20H25N5O/c1-3-5-6-14(4-2)11-15-7-9-16(10-8-15)12-26-19-17-18(23-13-22-17)24-20(21)25-19/h6-10,13H,3-5,11-12H2,1-2H3,(H3,21,22,23,24,25)/b14-6-. The van der Waals surface area contributed by atoms with Crippen molar-refractivity contribution in [2.75, 3.05) is 5.73 Å². The fourth-order valence-electron chi connectivity index (χ4n) is 2.78. The van der Waals surface area contributed by atoms with E-state index in [4.69, 9.17) is 10.5 Å². The average Bonchev–Trinajstić information content (AvgIpc) is 3.12. The maximum Gasteiger partial charge on any atom is 0.245 e. The zero-order chi connectivity index (χ0) is 18.4. The number of H-pyrrole nitrogens is 1. The van der Waals surface area contributed by atoms with Gasteiger partial charge >= 0.3 is 0 Å². The van der Waals surface area contributed by atoms with Crippen LogP contribution in [0, 0.1) is 0 Å². The van der Waals surface area contributed by atoms with Crippen LogP contribution in [0.5, 0.6) is 5.88 Å². The molecule has 0 fully saturated rings. The average molecular weight is 351 g/mol. The number of nitrogens with one attached hydrogen (secondary N) is 1. The molecule has 3 aromatic rings. The van der Waals surface area contributed by atoms with Crippen molar-refractivity contribution < 1.29 is 4.74 Å². The Bertz CT molecular complexity index is 883. The molecular weight excluding hydrogens is 326 g/mol. The first-order valence-electron chi connectivity index (χ1n) is 9.04. The van der Waals surface area contributed by atoms with Crippen molar-refractivity contribution in [2.24, 2.45) is 0 Å². The lowest BCUT2D eigenvalue weighted by molar-refractivity contribution is 0.297. The molecular formula is C20H25N5O. The quantitative estimate of drug-likeness (QED) is 0.594. The second-order valence-corrected chi connectivity index (χ2v) is 6.27. The number of fused-ring (bicyclic) bond motifs is 1. The maximum absolute atomic E-state index is 5.83. The lowest BCUT2D eigenvalue weighted by Gasteiger charge is -2.09. The monoisotopic (exact) mass is 351 g/mol. The Morgan fingerprint density at radius 2 is 1.92 bits per heavy atom. The van der Waals surface area contributed by atoms with Gasteiger partial charge in [-0.3, -0.25) is 0 Å². The molecule has 0 atom stereocenters. The number of nitrogens with two attached hydrogens (primary N) is 1. The van der Waals surface area contributed by atoms with Crippen molar-refractivity contribution in [1.82, 2.24) is 19.9 Å². The molecule has 0 aliphatic rings. The smallest absolute Gasteiger partial charge is 0.245 e. The van der Waals surface area contributed by atoms with Crippen LogP contribution in [0.4, 0.5) is 5.95 Å². The summed E-state index contributed by atoms with van der Waals surface area (Å²) in [4.78, 5) is 15.3. The van der Waals surface area contributed by atoms with Gasteiger partial charge in [0.05, 0.1) is 6.33 Å². The van der Waals surface area contributed by atoms with Crippen molar-refractivity contribution in [3.63, 3.8) is 0 Å². The third-order valence-electron chi connectivity index (χ3n) is 4.28. The third kappa shape index (κ3) is 4.39. The van der Waals surface area contributed by atoms with E-state index in [0.29, 0.717) is 23.7 Å². The largest absolute Gasteiger partial charge is 0.471 e. The molecule has 0 amide bonds. The molecule has 0 saturated heterocycles. The number of ether oxygens (including phenoxy) is 1. The van der Waals surface area contributed by atoms with E-state index in [1.807, 2.05) is 0 Å². The van der Waals surface area contributed by atoms with Gasteiger partial charge in [0.15, 0.2) is 5.65 Å². The molecule has 2 heterocycles. The molecule has 3 rings (SSSR count). The van der Waals surface area contributed by atoms with Crippen molar-refractivity contribution in [3.05, 3.63) is 53.4 Å². The molecule has 0 bridgehead atoms. The summed E-state index contributed by atoms with van der Waals surface area (Å²) in [5.41, 5.74) is 10.8. The number of hydrogen-bond donors (Lipinski definition) is 2. The van der Waals surface area contributed by atoms with Crippen LogP contribution in [-0.2, 0) is 13.0 Å². The molecule has 0 spiro atoms. The van der Waals surface area contributed by atoms with Gasteiger partial charge in [-0.15, -0.1) is 0 Å². The number of nitrogens with zero attached hydrogens (tertiary/aromatic N) is 3. The van der Waals surface area contributed by atoms with Gasteiger partial charge < -0.3 is 15.5 Å². The van der Waals surface area contributed by atoms with Crippen molar-refractivity contribution in [1.29, 1.82) is 0 Å². The van der Waals surface area contributed by atoms with E-state index in [-0.39, 0.29) is 5.95 Å². The van der Waals surface area contributed by atoms with E-state index >= 15 is 0 Å². The molecule has 3 N–H and O–H groups in total. The van der Waals surface area contributed by atoms with Gasteiger partial charge in [0.25, 0.3) is 0 Å². The van der Waals surface area contributed by atoms with Crippen molar-refractivity contribution >= 4 is 17.1 Å². The molecule has 26 heavy (non-hydrogen) atoms. The van der Waals surface area contributed by atoms with Gasteiger partial charge in [-0.2, -0.15) is 9.97 Å². The van der Waals surface area contributed by atoms with Gasteiger partial charge in [0.1, 0.15) is 12.1 Å². The Labute approximate surface area is 153 Å². The van der Waals surface area contributed by atoms with Gasteiger partial charge in [-0.05, 0) is 30.4 Å². The first-order valence-corrected chi connectivity index (χ1v) is 9.04. The number of imidazole rings is 1. The number of aromatic amines is 1. The molecule has 0 radical (unpaired) electrons. The van der Waals surface area contributed by atoms with E-state index in [9.17, 15) is 0 Å². The number of unbranched alkanes of at least 4 members (excludes halogenated alkanes) is 1. The summed E-state index contributed by atoms with van der Waals surface area (Å²) in [6.45, 7) is 4.84.